The van der Waals surface area contributed by atoms with Crippen LogP contribution in [0.2, 0.25) is 0 Å². The molecular formula is C13H16N2O4. The largest absolute Gasteiger partial charge is 0.479 e. The molecule has 2 rings (SSSR count). The molecule has 0 aliphatic carbocycles. The van der Waals surface area contributed by atoms with E-state index < -0.39 is 6.10 Å². The fourth-order valence-electron chi connectivity index (χ4n) is 1.75. The Bertz CT molecular complexity index is 501. The summed E-state index contributed by atoms with van der Waals surface area (Å²) in [5, 5.41) is 5.73. The summed E-state index contributed by atoms with van der Waals surface area (Å²) >= 11 is 0. The average Bonchev–Trinajstić information content (AvgIpc) is 2.40. The number of carbonyl (C=O) groups is 2. The second kappa shape index (κ2) is 5.71. The molecule has 0 saturated heterocycles. The van der Waals surface area contributed by atoms with Crippen molar-refractivity contribution < 1.29 is 19.1 Å². The zero-order chi connectivity index (χ0) is 13.8. The van der Waals surface area contributed by atoms with Gasteiger partial charge in [-0.25, -0.2) is 0 Å². The molecule has 19 heavy (non-hydrogen) atoms. The maximum absolute atomic E-state index is 11.5. The number of fused-ring (bicyclic) bond motifs is 1. The van der Waals surface area contributed by atoms with Crippen molar-refractivity contribution in [3.8, 4) is 5.75 Å². The van der Waals surface area contributed by atoms with Gasteiger partial charge in [0, 0.05) is 6.54 Å². The van der Waals surface area contributed by atoms with Crippen LogP contribution in [0.25, 0.3) is 0 Å². The first-order valence-electron chi connectivity index (χ1n) is 5.98. The Morgan fingerprint density at radius 3 is 3.05 bits per heavy atom. The maximum atomic E-state index is 11.5. The molecule has 0 bridgehead atoms. The quantitative estimate of drug-likeness (QED) is 0.782. The molecule has 0 aromatic heterocycles. The lowest BCUT2D eigenvalue weighted by Gasteiger charge is -2.23. The van der Waals surface area contributed by atoms with Gasteiger partial charge in [-0.3, -0.25) is 9.59 Å². The van der Waals surface area contributed by atoms with Gasteiger partial charge in [-0.05, 0) is 24.6 Å². The normalized spacial score (nSPS) is 17.2. The minimum absolute atomic E-state index is 0.146. The molecule has 2 N–H and O–H groups in total. The predicted molar refractivity (Wildman–Crippen MR) is 68.9 cm³/mol. The van der Waals surface area contributed by atoms with Gasteiger partial charge < -0.3 is 20.1 Å². The van der Waals surface area contributed by atoms with Gasteiger partial charge in [-0.2, -0.15) is 0 Å². The highest BCUT2D eigenvalue weighted by molar-refractivity contribution is 5.97. The first-order valence-corrected chi connectivity index (χ1v) is 5.98. The van der Waals surface area contributed by atoms with Crippen LogP contribution in [0.5, 0.6) is 5.75 Å². The molecule has 1 amide bonds. The molecule has 6 heteroatoms. The van der Waals surface area contributed by atoms with Crippen LogP contribution in [0.1, 0.15) is 12.5 Å². The van der Waals surface area contributed by atoms with Gasteiger partial charge in [0.15, 0.2) is 6.10 Å². The van der Waals surface area contributed by atoms with E-state index in [0.717, 1.165) is 5.56 Å². The summed E-state index contributed by atoms with van der Waals surface area (Å²) in [5.74, 6) is 0.180. The number of carbonyl (C=O) groups excluding carboxylic acids is 2. The predicted octanol–water partition coefficient (Wildman–Crippen LogP) is 0.669. The van der Waals surface area contributed by atoms with Gasteiger partial charge in [-0.15, -0.1) is 0 Å². The van der Waals surface area contributed by atoms with E-state index in [9.17, 15) is 9.59 Å². The lowest BCUT2D eigenvalue weighted by Crippen LogP contribution is -2.34. The number of esters is 1. The zero-order valence-electron chi connectivity index (χ0n) is 10.9. The Morgan fingerprint density at radius 2 is 2.32 bits per heavy atom. The number of hydrogen-bond acceptors (Lipinski definition) is 5. The summed E-state index contributed by atoms with van der Waals surface area (Å²) in [6.45, 7) is 2.35. The van der Waals surface area contributed by atoms with Crippen LogP contribution in [0.3, 0.4) is 0 Å². The van der Waals surface area contributed by atoms with E-state index in [1.807, 2.05) is 12.1 Å². The minimum Gasteiger partial charge on any atom is -0.479 e. The number of methoxy groups -OCH3 is 1. The van der Waals surface area contributed by atoms with Gasteiger partial charge >= 0.3 is 5.97 Å². The van der Waals surface area contributed by atoms with Gasteiger partial charge in [0.1, 0.15) is 5.75 Å². The molecule has 1 aliphatic rings. The Hall–Kier alpha value is -2.08. The van der Waals surface area contributed by atoms with Crippen LogP contribution >= 0.6 is 0 Å². The maximum Gasteiger partial charge on any atom is 0.319 e. The second-order valence-electron chi connectivity index (χ2n) is 4.26. The van der Waals surface area contributed by atoms with Gasteiger partial charge in [0.2, 0.25) is 0 Å². The molecule has 0 saturated carbocycles. The number of rotatable bonds is 4. The molecule has 1 aliphatic heterocycles. The number of anilines is 1. The lowest BCUT2D eigenvalue weighted by atomic mass is 10.1. The lowest BCUT2D eigenvalue weighted by molar-refractivity contribution is -0.139. The topological polar surface area (TPSA) is 76.7 Å². The molecular weight excluding hydrogens is 248 g/mol. The Morgan fingerprint density at radius 1 is 1.53 bits per heavy atom. The first kappa shape index (κ1) is 13.4. The Balaban J connectivity index is 1.99. The number of ether oxygens (including phenoxy) is 2. The van der Waals surface area contributed by atoms with E-state index in [2.05, 4.69) is 15.4 Å². The SMILES string of the molecule is COC(=O)CNCc1ccc2c(c1)NC(=O)C(C)O2. The fraction of sp³-hybridized carbons (Fsp3) is 0.385. The highest BCUT2D eigenvalue weighted by Gasteiger charge is 2.23. The molecule has 1 aromatic carbocycles. The summed E-state index contributed by atoms with van der Waals surface area (Å²) in [6.07, 6.45) is -0.476. The van der Waals surface area contributed by atoms with Crippen LogP contribution in [0, 0.1) is 0 Å². The monoisotopic (exact) mass is 264 g/mol. The van der Waals surface area contributed by atoms with Crippen LogP contribution in [-0.4, -0.2) is 31.6 Å². The summed E-state index contributed by atoms with van der Waals surface area (Å²) in [7, 11) is 1.34. The van der Waals surface area contributed by atoms with Crippen molar-refractivity contribution >= 4 is 17.6 Å². The summed E-state index contributed by atoms with van der Waals surface area (Å²) < 4.78 is 9.98. The zero-order valence-corrected chi connectivity index (χ0v) is 10.9. The third kappa shape index (κ3) is 3.23. The molecule has 1 unspecified atom stereocenters. The van der Waals surface area contributed by atoms with Crippen LogP contribution in [0.4, 0.5) is 5.69 Å². The van der Waals surface area contributed by atoms with Gasteiger partial charge in [-0.1, -0.05) is 6.07 Å². The summed E-state index contributed by atoms with van der Waals surface area (Å²) in [4.78, 5) is 22.4. The van der Waals surface area contributed by atoms with Gasteiger partial charge in [0.05, 0.1) is 19.3 Å². The van der Waals surface area contributed by atoms with E-state index in [-0.39, 0.29) is 18.4 Å². The van der Waals surface area contributed by atoms with Crippen LogP contribution < -0.4 is 15.4 Å². The number of nitrogens with one attached hydrogen (secondary N) is 2. The number of hydrogen-bond donors (Lipinski definition) is 2. The molecule has 102 valence electrons. The Kier molecular flexibility index (Phi) is 4.01. The van der Waals surface area contributed by atoms with Crippen molar-refractivity contribution in [2.75, 3.05) is 19.0 Å². The summed E-state index contributed by atoms with van der Waals surface area (Å²) in [6, 6.07) is 5.51. The number of amides is 1. The molecule has 1 heterocycles. The standard InChI is InChI=1S/C13H16N2O4/c1-8-13(17)15-10-5-9(3-4-11(10)19-8)6-14-7-12(16)18-2/h3-5,8,14H,6-7H2,1-2H3,(H,15,17). The summed E-state index contributed by atoms with van der Waals surface area (Å²) in [5.41, 5.74) is 1.60. The highest BCUT2D eigenvalue weighted by atomic mass is 16.5. The second-order valence-corrected chi connectivity index (χ2v) is 4.26. The molecule has 0 fully saturated rings. The smallest absolute Gasteiger partial charge is 0.319 e. The van der Waals surface area contributed by atoms with E-state index in [4.69, 9.17) is 4.74 Å². The van der Waals surface area contributed by atoms with Crippen molar-refractivity contribution in [2.45, 2.75) is 19.6 Å². The van der Waals surface area contributed by atoms with Gasteiger partial charge in [0.25, 0.3) is 5.91 Å². The third-order valence-electron chi connectivity index (χ3n) is 2.80. The van der Waals surface area contributed by atoms with Crippen molar-refractivity contribution in [1.82, 2.24) is 5.32 Å². The fourth-order valence-corrected chi connectivity index (χ4v) is 1.75. The van der Waals surface area contributed by atoms with Crippen molar-refractivity contribution in [3.63, 3.8) is 0 Å². The molecule has 1 aromatic rings. The molecule has 1 atom stereocenters. The minimum atomic E-state index is -0.476. The first-order chi connectivity index (χ1) is 9.10. The van der Waals surface area contributed by atoms with Crippen molar-refractivity contribution in [3.05, 3.63) is 23.8 Å². The van der Waals surface area contributed by atoms with Crippen molar-refractivity contribution in [2.24, 2.45) is 0 Å². The Labute approximate surface area is 111 Å². The third-order valence-corrected chi connectivity index (χ3v) is 2.80. The van der Waals surface area contributed by atoms with E-state index in [1.54, 1.807) is 13.0 Å². The van der Waals surface area contributed by atoms with Crippen LogP contribution in [-0.2, 0) is 20.9 Å². The van der Waals surface area contributed by atoms with Crippen LogP contribution in [0.15, 0.2) is 18.2 Å². The van der Waals surface area contributed by atoms with E-state index in [1.165, 1.54) is 7.11 Å². The number of benzene rings is 1. The average molecular weight is 264 g/mol. The molecule has 6 nitrogen and oxygen atoms in total. The molecule has 0 radical (unpaired) electrons. The van der Waals surface area contributed by atoms with E-state index in [0.29, 0.717) is 18.0 Å². The van der Waals surface area contributed by atoms with E-state index >= 15 is 0 Å². The molecule has 0 spiro atoms. The van der Waals surface area contributed by atoms with Crippen molar-refractivity contribution in [1.29, 1.82) is 0 Å². The highest BCUT2D eigenvalue weighted by Crippen LogP contribution is 2.30.